The second-order valence-electron chi connectivity index (χ2n) is 3.83. The SMILES string of the molecule is COCCOCCCNCc1ccccc1N. The summed E-state index contributed by atoms with van der Waals surface area (Å²) in [4.78, 5) is 0. The molecule has 3 N–H and O–H groups in total. The number of hydrogen-bond acceptors (Lipinski definition) is 4. The lowest BCUT2D eigenvalue weighted by molar-refractivity contribution is 0.0695. The van der Waals surface area contributed by atoms with Gasteiger partial charge in [0.05, 0.1) is 13.2 Å². The summed E-state index contributed by atoms with van der Waals surface area (Å²) in [7, 11) is 1.68. The van der Waals surface area contributed by atoms with E-state index in [2.05, 4.69) is 5.32 Å². The molecule has 0 fully saturated rings. The summed E-state index contributed by atoms with van der Waals surface area (Å²) in [5.41, 5.74) is 7.83. The third kappa shape index (κ3) is 6.26. The fourth-order valence-electron chi connectivity index (χ4n) is 1.46. The molecule has 0 saturated carbocycles. The number of para-hydroxylation sites is 1. The molecule has 4 nitrogen and oxygen atoms in total. The maximum Gasteiger partial charge on any atom is 0.0700 e. The van der Waals surface area contributed by atoms with E-state index in [1.54, 1.807) is 7.11 Å². The normalized spacial score (nSPS) is 10.6. The van der Waals surface area contributed by atoms with Crippen molar-refractivity contribution < 1.29 is 9.47 Å². The highest BCUT2D eigenvalue weighted by molar-refractivity contribution is 5.46. The average molecular weight is 238 g/mol. The van der Waals surface area contributed by atoms with E-state index in [1.165, 1.54) is 0 Å². The van der Waals surface area contributed by atoms with Crippen LogP contribution < -0.4 is 11.1 Å². The van der Waals surface area contributed by atoms with Crippen LogP contribution in [0.4, 0.5) is 5.69 Å². The van der Waals surface area contributed by atoms with Gasteiger partial charge in [0.15, 0.2) is 0 Å². The van der Waals surface area contributed by atoms with E-state index in [4.69, 9.17) is 15.2 Å². The Hall–Kier alpha value is -1.10. The monoisotopic (exact) mass is 238 g/mol. The third-order valence-corrected chi connectivity index (χ3v) is 2.44. The van der Waals surface area contributed by atoms with E-state index < -0.39 is 0 Å². The maximum atomic E-state index is 5.84. The Morgan fingerprint density at radius 3 is 2.76 bits per heavy atom. The quantitative estimate of drug-likeness (QED) is 0.504. The number of nitrogens with two attached hydrogens (primary N) is 1. The molecule has 0 saturated heterocycles. The van der Waals surface area contributed by atoms with Gasteiger partial charge in [0, 0.05) is 25.9 Å². The molecule has 0 unspecified atom stereocenters. The van der Waals surface area contributed by atoms with Crippen molar-refractivity contribution in [3.05, 3.63) is 29.8 Å². The zero-order valence-corrected chi connectivity index (χ0v) is 10.4. The average Bonchev–Trinajstić information content (AvgIpc) is 2.35. The number of hydrogen-bond donors (Lipinski definition) is 2. The van der Waals surface area contributed by atoms with Crippen molar-refractivity contribution in [3.8, 4) is 0 Å². The summed E-state index contributed by atoms with van der Waals surface area (Å²) in [5, 5.41) is 3.34. The topological polar surface area (TPSA) is 56.5 Å². The summed E-state index contributed by atoms with van der Waals surface area (Å²) in [6, 6.07) is 7.91. The van der Waals surface area contributed by atoms with E-state index in [-0.39, 0.29) is 0 Å². The standard InChI is InChI=1S/C13H22N2O2/c1-16-9-10-17-8-4-7-15-11-12-5-2-3-6-13(12)14/h2-3,5-6,15H,4,7-11,14H2,1H3. The van der Waals surface area contributed by atoms with E-state index in [9.17, 15) is 0 Å². The van der Waals surface area contributed by atoms with Gasteiger partial charge < -0.3 is 20.5 Å². The molecule has 1 aromatic carbocycles. The maximum absolute atomic E-state index is 5.84. The Morgan fingerprint density at radius 1 is 1.18 bits per heavy atom. The first-order valence-corrected chi connectivity index (χ1v) is 5.95. The predicted octanol–water partition coefficient (Wildman–Crippen LogP) is 1.41. The molecule has 1 aromatic rings. The van der Waals surface area contributed by atoms with Gasteiger partial charge in [0.25, 0.3) is 0 Å². The van der Waals surface area contributed by atoms with Crippen LogP contribution in [0.25, 0.3) is 0 Å². The summed E-state index contributed by atoms with van der Waals surface area (Å²) >= 11 is 0. The number of rotatable bonds is 9. The van der Waals surface area contributed by atoms with Crippen LogP contribution in [-0.4, -0.2) is 33.5 Å². The molecule has 0 amide bonds. The first kappa shape index (κ1) is 14.0. The summed E-state index contributed by atoms with van der Waals surface area (Å²) in [6.45, 7) is 3.84. The summed E-state index contributed by atoms with van der Waals surface area (Å²) < 4.78 is 10.2. The minimum Gasteiger partial charge on any atom is -0.398 e. The second-order valence-corrected chi connectivity index (χ2v) is 3.83. The number of nitrogens with one attached hydrogen (secondary N) is 1. The molecule has 4 heteroatoms. The van der Waals surface area contributed by atoms with Crippen molar-refractivity contribution in [2.24, 2.45) is 0 Å². The molecule has 0 aliphatic rings. The molecule has 0 aromatic heterocycles. The van der Waals surface area contributed by atoms with Crippen LogP contribution in [0.1, 0.15) is 12.0 Å². The van der Waals surface area contributed by atoms with E-state index in [1.807, 2.05) is 24.3 Å². The number of anilines is 1. The van der Waals surface area contributed by atoms with Crippen molar-refractivity contribution in [1.82, 2.24) is 5.32 Å². The Kier molecular flexibility index (Phi) is 7.38. The minimum absolute atomic E-state index is 0.661. The highest BCUT2D eigenvalue weighted by Gasteiger charge is 1.96. The Labute approximate surface area is 103 Å². The predicted molar refractivity (Wildman–Crippen MR) is 69.9 cm³/mol. The van der Waals surface area contributed by atoms with Crippen molar-refractivity contribution in [1.29, 1.82) is 0 Å². The van der Waals surface area contributed by atoms with Gasteiger partial charge in [-0.25, -0.2) is 0 Å². The fourth-order valence-corrected chi connectivity index (χ4v) is 1.46. The summed E-state index contributed by atoms with van der Waals surface area (Å²) in [5.74, 6) is 0. The Balaban J connectivity index is 1.99. The van der Waals surface area contributed by atoms with Gasteiger partial charge in [0.2, 0.25) is 0 Å². The summed E-state index contributed by atoms with van der Waals surface area (Å²) in [6.07, 6.45) is 0.996. The number of ether oxygens (including phenoxy) is 2. The zero-order valence-electron chi connectivity index (χ0n) is 10.4. The van der Waals surface area contributed by atoms with Crippen LogP contribution in [0.2, 0.25) is 0 Å². The number of benzene rings is 1. The van der Waals surface area contributed by atoms with Gasteiger partial charge in [0.1, 0.15) is 0 Å². The lowest BCUT2D eigenvalue weighted by Gasteiger charge is -2.07. The van der Waals surface area contributed by atoms with Crippen molar-refractivity contribution >= 4 is 5.69 Å². The third-order valence-electron chi connectivity index (χ3n) is 2.44. The lowest BCUT2D eigenvalue weighted by Crippen LogP contribution is -2.17. The largest absolute Gasteiger partial charge is 0.398 e. The van der Waals surface area contributed by atoms with Gasteiger partial charge in [-0.3, -0.25) is 0 Å². The second kappa shape index (κ2) is 8.98. The van der Waals surface area contributed by atoms with Crippen molar-refractivity contribution in [2.75, 3.05) is 39.2 Å². The molecule has 0 heterocycles. The highest BCUT2D eigenvalue weighted by Crippen LogP contribution is 2.09. The molecule has 1 rings (SSSR count). The first-order chi connectivity index (χ1) is 8.34. The molecule has 17 heavy (non-hydrogen) atoms. The number of methoxy groups -OCH3 is 1. The van der Waals surface area contributed by atoms with Crippen LogP contribution in [0.15, 0.2) is 24.3 Å². The Bertz CT molecular complexity index is 305. The smallest absolute Gasteiger partial charge is 0.0700 e. The lowest BCUT2D eigenvalue weighted by atomic mass is 10.2. The van der Waals surface area contributed by atoms with Gasteiger partial charge >= 0.3 is 0 Å². The molecule has 0 atom stereocenters. The first-order valence-electron chi connectivity index (χ1n) is 5.95. The highest BCUT2D eigenvalue weighted by atomic mass is 16.5. The van der Waals surface area contributed by atoms with E-state index in [0.29, 0.717) is 13.2 Å². The van der Waals surface area contributed by atoms with Gasteiger partial charge in [-0.2, -0.15) is 0 Å². The molecule has 0 bridgehead atoms. The molecule has 0 aliphatic heterocycles. The van der Waals surface area contributed by atoms with Crippen molar-refractivity contribution in [3.63, 3.8) is 0 Å². The molecule has 0 spiro atoms. The molecule has 96 valence electrons. The molecule has 0 aliphatic carbocycles. The molecule has 0 radical (unpaired) electrons. The minimum atomic E-state index is 0.661. The number of nitrogen functional groups attached to an aromatic ring is 1. The van der Waals surface area contributed by atoms with Crippen LogP contribution in [0, 0.1) is 0 Å². The van der Waals surface area contributed by atoms with Crippen LogP contribution in [0.5, 0.6) is 0 Å². The molecular formula is C13H22N2O2. The van der Waals surface area contributed by atoms with Crippen LogP contribution in [-0.2, 0) is 16.0 Å². The van der Waals surface area contributed by atoms with Gasteiger partial charge in [-0.1, -0.05) is 18.2 Å². The van der Waals surface area contributed by atoms with Gasteiger partial charge in [-0.15, -0.1) is 0 Å². The van der Waals surface area contributed by atoms with Crippen molar-refractivity contribution in [2.45, 2.75) is 13.0 Å². The van der Waals surface area contributed by atoms with E-state index >= 15 is 0 Å². The van der Waals surface area contributed by atoms with Crippen LogP contribution >= 0.6 is 0 Å². The van der Waals surface area contributed by atoms with Gasteiger partial charge in [-0.05, 0) is 24.6 Å². The fraction of sp³-hybridized carbons (Fsp3) is 0.538. The van der Waals surface area contributed by atoms with E-state index in [0.717, 1.165) is 37.4 Å². The zero-order chi connectivity index (χ0) is 12.3. The Morgan fingerprint density at radius 2 is 2.00 bits per heavy atom. The molecular weight excluding hydrogens is 216 g/mol. The van der Waals surface area contributed by atoms with Crippen LogP contribution in [0.3, 0.4) is 0 Å².